The predicted molar refractivity (Wildman–Crippen MR) is 118 cm³/mol. The first kappa shape index (κ1) is 21.5. The molecule has 0 aliphatic carbocycles. The Kier molecular flexibility index (Phi) is 5.93. The van der Waals surface area contributed by atoms with E-state index in [0.717, 1.165) is 0 Å². The summed E-state index contributed by atoms with van der Waals surface area (Å²) in [7, 11) is 1.52. The van der Waals surface area contributed by atoms with Crippen LogP contribution in [0.15, 0.2) is 54.6 Å². The van der Waals surface area contributed by atoms with Crippen LogP contribution in [0.4, 0.5) is 5.69 Å². The minimum absolute atomic E-state index is 0.0290. The Morgan fingerprint density at radius 1 is 1.12 bits per heavy atom. The molecule has 0 radical (unpaired) electrons. The normalized spacial score (nSPS) is 10.8. The lowest BCUT2D eigenvalue weighted by Crippen LogP contribution is -2.10. The van der Waals surface area contributed by atoms with E-state index in [2.05, 4.69) is 10.1 Å². The topological polar surface area (TPSA) is 109 Å². The highest BCUT2D eigenvalue weighted by Gasteiger charge is 2.19. The van der Waals surface area contributed by atoms with Crippen molar-refractivity contribution in [3.05, 3.63) is 86.1 Å². The molecule has 2 aromatic carbocycles. The average Bonchev–Trinajstić information content (AvgIpc) is 3.09. The summed E-state index contributed by atoms with van der Waals surface area (Å²) >= 11 is 11.7. The van der Waals surface area contributed by atoms with E-state index in [1.165, 1.54) is 31.4 Å². The summed E-state index contributed by atoms with van der Waals surface area (Å²) in [6, 6.07) is 14.1. The molecule has 0 atom stereocenters. The summed E-state index contributed by atoms with van der Waals surface area (Å²) in [5, 5.41) is 16.1. The Balaban J connectivity index is 1.73. The highest BCUT2D eigenvalue weighted by atomic mass is 35.5. The van der Waals surface area contributed by atoms with Crippen molar-refractivity contribution < 1.29 is 19.2 Å². The molecule has 9 nitrogen and oxygen atoms in total. The van der Waals surface area contributed by atoms with Gasteiger partial charge in [0, 0.05) is 12.1 Å². The van der Waals surface area contributed by atoms with Crippen LogP contribution in [0.3, 0.4) is 0 Å². The fourth-order valence-electron chi connectivity index (χ4n) is 3.12. The molecule has 0 aliphatic heterocycles. The maximum Gasteiger partial charge on any atom is 0.345 e. The van der Waals surface area contributed by atoms with Gasteiger partial charge in [-0.25, -0.2) is 9.78 Å². The van der Waals surface area contributed by atoms with Crippen molar-refractivity contribution in [2.75, 3.05) is 7.11 Å². The van der Waals surface area contributed by atoms with Gasteiger partial charge in [-0.15, -0.1) is 5.10 Å². The van der Waals surface area contributed by atoms with Crippen LogP contribution < -0.4 is 9.47 Å². The van der Waals surface area contributed by atoms with Crippen LogP contribution in [-0.2, 0) is 6.54 Å². The maximum absolute atomic E-state index is 12.7. The molecule has 2 heterocycles. The summed E-state index contributed by atoms with van der Waals surface area (Å²) in [5.41, 5.74) is 1.38. The molecule has 0 N–H and O–H groups in total. The summed E-state index contributed by atoms with van der Waals surface area (Å²) in [6.07, 6.45) is 0. The van der Waals surface area contributed by atoms with Gasteiger partial charge >= 0.3 is 5.97 Å². The van der Waals surface area contributed by atoms with Gasteiger partial charge in [0.15, 0.2) is 0 Å². The molecule has 0 saturated carbocycles. The molecule has 0 amide bonds. The number of non-ortho nitro benzene ring substituents is 1. The number of esters is 1. The summed E-state index contributed by atoms with van der Waals surface area (Å²) in [6.45, 7) is 0.217. The quantitative estimate of drug-likeness (QED) is 0.169. The van der Waals surface area contributed by atoms with Crippen LogP contribution in [0, 0.1) is 10.1 Å². The van der Waals surface area contributed by atoms with E-state index in [0.29, 0.717) is 22.2 Å². The molecule has 4 aromatic rings. The van der Waals surface area contributed by atoms with Crippen LogP contribution in [0.25, 0.3) is 10.9 Å². The number of methoxy groups -OCH3 is 1. The number of aromatic nitrogens is 3. The molecule has 0 unspecified atom stereocenters. The van der Waals surface area contributed by atoms with Gasteiger partial charge in [0.25, 0.3) is 5.69 Å². The zero-order chi connectivity index (χ0) is 22.8. The molecule has 0 saturated heterocycles. The van der Waals surface area contributed by atoms with Crippen LogP contribution >= 0.6 is 23.2 Å². The minimum Gasteiger partial charge on any atom is -0.497 e. The lowest BCUT2D eigenvalue weighted by atomic mass is 10.2. The Bertz CT molecular complexity index is 1340. The first-order valence-electron chi connectivity index (χ1n) is 9.17. The van der Waals surface area contributed by atoms with Crippen molar-refractivity contribution in [2.45, 2.75) is 6.54 Å². The number of nitro benzene ring substituents is 1. The number of fused-ring (bicyclic) bond motifs is 1. The Labute approximate surface area is 191 Å². The molecule has 0 bridgehead atoms. The van der Waals surface area contributed by atoms with Crippen molar-refractivity contribution in [1.82, 2.24) is 14.8 Å². The van der Waals surface area contributed by atoms with Crippen LogP contribution in [0.2, 0.25) is 10.3 Å². The molecule has 11 heteroatoms. The molecular weight excluding hydrogens is 459 g/mol. The molecule has 0 aliphatic rings. The third-order valence-electron chi connectivity index (χ3n) is 4.57. The minimum atomic E-state index is -0.721. The lowest BCUT2D eigenvalue weighted by molar-refractivity contribution is -0.384. The highest BCUT2D eigenvalue weighted by Crippen LogP contribution is 2.30. The zero-order valence-corrected chi connectivity index (χ0v) is 18.0. The second-order valence-electron chi connectivity index (χ2n) is 6.66. The molecule has 0 fully saturated rings. The van der Waals surface area contributed by atoms with Crippen LogP contribution in [0.5, 0.6) is 11.6 Å². The SMILES string of the molecule is COc1ccc2c(c1)c(OC(=O)c1cc(Cl)nc(Cl)c1)nn2Cc1cccc([N+](=O)[O-])c1. The molecule has 32 heavy (non-hydrogen) atoms. The van der Waals surface area contributed by atoms with Crippen molar-refractivity contribution in [1.29, 1.82) is 0 Å². The molecular formula is C21H14Cl2N4O5. The monoisotopic (exact) mass is 472 g/mol. The smallest absolute Gasteiger partial charge is 0.345 e. The van der Waals surface area contributed by atoms with Gasteiger partial charge in [-0.05, 0) is 35.9 Å². The predicted octanol–water partition coefficient (Wildman–Crippen LogP) is 4.92. The number of pyridine rings is 1. The van der Waals surface area contributed by atoms with Gasteiger partial charge in [0.2, 0.25) is 5.88 Å². The van der Waals surface area contributed by atoms with E-state index < -0.39 is 10.9 Å². The second-order valence-corrected chi connectivity index (χ2v) is 7.44. The first-order chi connectivity index (χ1) is 15.3. The Morgan fingerprint density at radius 2 is 1.88 bits per heavy atom. The van der Waals surface area contributed by atoms with Gasteiger partial charge in [-0.3, -0.25) is 14.8 Å². The number of carbonyl (C=O) groups is 1. The Hall–Kier alpha value is -3.69. The number of nitro groups is 1. The first-order valence-corrected chi connectivity index (χ1v) is 9.93. The van der Waals surface area contributed by atoms with E-state index in [9.17, 15) is 14.9 Å². The average molecular weight is 473 g/mol. The largest absolute Gasteiger partial charge is 0.497 e. The fraction of sp³-hybridized carbons (Fsp3) is 0.0952. The maximum atomic E-state index is 12.7. The number of carbonyl (C=O) groups excluding carboxylic acids is 1. The number of rotatable bonds is 6. The number of nitrogens with zero attached hydrogens (tertiary/aromatic N) is 4. The van der Waals surface area contributed by atoms with Crippen molar-refractivity contribution in [3.8, 4) is 11.6 Å². The van der Waals surface area contributed by atoms with E-state index >= 15 is 0 Å². The van der Waals surface area contributed by atoms with E-state index in [4.69, 9.17) is 32.7 Å². The van der Waals surface area contributed by atoms with Gasteiger partial charge < -0.3 is 9.47 Å². The third kappa shape index (κ3) is 4.48. The fourth-order valence-corrected chi connectivity index (χ4v) is 3.58. The van der Waals surface area contributed by atoms with Gasteiger partial charge in [0.1, 0.15) is 16.1 Å². The summed E-state index contributed by atoms with van der Waals surface area (Å²) < 4.78 is 12.4. The number of hydrogen-bond acceptors (Lipinski definition) is 7. The number of halogens is 2. The Morgan fingerprint density at radius 3 is 2.56 bits per heavy atom. The molecule has 162 valence electrons. The molecule has 0 spiro atoms. The lowest BCUT2D eigenvalue weighted by Gasteiger charge is -2.04. The third-order valence-corrected chi connectivity index (χ3v) is 4.95. The van der Waals surface area contributed by atoms with Crippen LogP contribution in [0.1, 0.15) is 15.9 Å². The van der Waals surface area contributed by atoms with E-state index in [-0.39, 0.29) is 34.0 Å². The highest BCUT2D eigenvalue weighted by molar-refractivity contribution is 6.33. The number of hydrogen-bond donors (Lipinski definition) is 0. The van der Waals surface area contributed by atoms with Gasteiger partial charge in [-0.1, -0.05) is 35.3 Å². The summed E-state index contributed by atoms with van der Waals surface area (Å²) in [4.78, 5) is 27.1. The van der Waals surface area contributed by atoms with Crippen molar-refractivity contribution in [2.24, 2.45) is 0 Å². The second kappa shape index (κ2) is 8.81. The van der Waals surface area contributed by atoms with Crippen molar-refractivity contribution >= 4 is 45.8 Å². The van der Waals surface area contributed by atoms with Gasteiger partial charge in [-0.2, -0.15) is 0 Å². The van der Waals surface area contributed by atoms with Crippen molar-refractivity contribution in [3.63, 3.8) is 0 Å². The summed E-state index contributed by atoms with van der Waals surface area (Å²) in [5.74, 6) is -0.140. The number of ether oxygens (including phenoxy) is 2. The van der Waals surface area contributed by atoms with Crippen LogP contribution in [-0.4, -0.2) is 32.8 Å². The van der Waals surface area contributed by atoms with E-state index in [1.54, 1.807) is 35.0 Å². The molecule has 2 aromatic heterocycles. The zero-order valence-electron chi connectivity index (χ0n) is 16.5. The molecule has 4 rings (SSSR count). The van der Waals surface area contributed by atoms with Gasteiger partial charge in [0.05, 0.1) is 35.0 Å². The number of benzene rings is 2. The standard InChI is InChI=1S/C21H14Cl2N4O5/c1-31-15-5-6-17-16(10-15)20(32-21(28)13-8-18(22)24-19(23)9-13)25-26(17)11-12-3-2-4-14(7-12)27(29)30/h2-10H,11H2,1H3. The van der Waals surface area contributed by atoms with E-state index in [1.807, 2.05) is 0 Å².